The number of halogens is 1. The molecule has 0 radical (unpaired) electrons. The Morgan fingerprint density at radius 2 is 2.26 bits per heavy atom. The van der Waals surface area contributed by atoms with Crippen LogP contribution in [0.4, 0.5) is 5.13 Å². The van der Waals surface area contributed by atoms with Crippen LogP contribution in [-0.4, -0.2) is 22.6 Å². The SMILES string of the molecule is NCCCC(=O)Nc1nnc(-c2cccc(Cl)c2)s1. The number of carbonyl (C=O) groups is 1. The Kier molecular flexibility index (Phi) is 4.84. The molecule has 0 unspecified atom stereocenters. The Labute approximate surface area is 119 Å². The van der Waals surface area contributed by atoms with E-state index in [-0.39, 0.29) is 5.91 Å². The summed E-state index contributed by atoms with van der Waals surface area (Å²) in [7, 11) is 0. The smallest absolute Gasteiger partial charge is 0.226 e. The average molecular weight is 297 g/mol. The Morgan fingerprint density at radius 1 is 1.42 bits per heavy atom. The van der Waals surface area contributed by atoms with Crippen molar-refractivity contribution in [2.75, 3.05) is 11.9 Å². The number of nitrogens with two attached hydrogens (primary N) is 1. The molecule has 0 saturated heterocycles. The zero-order valence-corrected chi connectivity index (χ0v) is 11.7. The molecule has 1 heterocycles. The van der Waals surface area contributed by atoms with Crippen LogP contribution in [0.5, 0.6) is 0 Å². The van der Waals surface area contributed by atoms with Crippen LogP contribution in [0.15, 0.2) is 24.3 Å². The van der Waals surface area contributed by atoms with E-state index in [9.17, 15) is 4.79 Å². The standard InChI is InChI=1S/C12H13ClN4OS/c13-9-4-1-3-8(7-9)11-16-17-12(19-11)15-10(18)5-2-6-14/h1,3-4,7H,2,5-6,14H2,(H,15,17,18). The summed E-state index contributed by atoms with van der Waals surface area (Å²) in [6.07, 6.45) is 1.05. The molecule has 0 aliphatic carbocycles. The topological polar surface area (TPSA) is 80.9 Å². The van der Waals surface area contributed by atoms with Gasteiger partial charge in [-0.1, -0.05) is 35.1 Å². The fourth-order valence-electron chi connectivity index (χ4n) is 1.46. The minimum Gasteiger partial charge on any atom is -0.330 e. The van der Waals surface area contributed by atoms with Gasteiger partial charge in [-0.05, 0) is 25.1 Å². The Balaban J connectivity index is 2.05. The molecule has 0 aliphatic heterocycles. The highest BCUT2D eigenvalue weighted by Crippen LogP contribution is 2.28. The molecule has 19 heavy (non-hydrogen) atoms. The van der Waals surface area contributed by atoms with Crippen LogP contribution in [-0.2, 0) is 4.79 Å². The maximum absolute atomic E-state index is 11.5. The third-order valence-electron chi connectivity index (χ3n) is 2.35. The number of anilines is 1. The lowest BCUT2D eigenvalue weighted by Crippen LogP contribution is -2.13. The molecule has 2 aromatic rings. The number of nitrogens with one attached hydrogen (secondary N) is 1. The Hall–Kier alpha value is -1.50. The molecule has 0 aliphatic rings. The van der Waals surface area contributed by atoms with Gasteiger partial charge >= 0.3 is 0 Å². The molecular weight excluding hydrogens is 284 g/mol. The lowest BCUT2D eigenvalue weighted by atomic mass is 10.2. The van der Waals surface area contributed by atoms with Crippen LogP contribution < -0.4 is 11.1 Å². The molecule has 1 aromatic carbocycles. The predicted molar refractivity (Wildman–Crippen MR) is 77.3 cm³/mol. The number of hydrogen-bond acceptors (Lipinski definition) is 5. The molecule has 100 valence electrons. The zero-order valence-electron chi connectivity index (χ0n) is 10.1. The van der Waals surface area contributed by atoms with Crippen LogP contribution in [0.2, 0.25) is 5.02 Å². The first-order valence-corrected chi connectivity index (χ1v) is 6.98. The number of benzene rings is 1. The number of nitrogens with zero attached hydrogens (tertiary/aromatic N) is 2. The van der Waals surface area contributed by atoms with Gasteiger partial charge in [0.1, 0.15) is 5.01 Å². The number of rotatable bonds is 5. The van der Waals surface area contributed by atoms with Crippen molar-refractivity contribution in [1.29, 1.82) is 0 Å². The van der Waals surface area contributed by atoms with E-state index in [0.717, 1.165) is 10.6 Å². The molecule has 0 fully saturated rings. The summed E-state index contributed by atoms with van der Waals surface area (Å²) in [5, 5.41) is 12.5. The second-order valence-corrected chi connectivity index (χ2v) is 5.28. The molecule has 0 spiro atoms. The van der Waals surface area contributed by atoms with Gasteiger partial charge in [-0.3, -0.25) is 4.79 Å². The van der Waals surface area contributed by atoms with Crippen molar-refractivity contribution in [2.24, 2.45) is 5.73 Å². The van der Waals surface area contributed by atoms with Crippen LogP contribution in [0.25, 0.3) is 10.6 Å². The molecule has 7 heteroatoms. The molecular formula is C12H13ClN4OS. The van der Waals surface area contributed by atoms with Gasteiger partial charge in [0.2, 0.25) is 11.0 Å². The van der Waals surface area contributed by atoms with Gasteiger partial charge < -0.3 is 11.1 Å². The lowest BCUT2D eigenvalue weighted by molar-refractivity contribution is -0.116. The van der Waals surface area contributed by atoms with Crippen molar-refractivity contribution in [3.8, 4) is 10.6 Å². The zero-order chi connectivity index (χ0) is 13.7. The Bertz CT molecular complexity index is 572. The summed E-state index contributed by atoms with van der Waals surface area (Å²) in [5.41, 5.74) is 6.23. The summed E-state index contributed by atoms with van der Waals surface area (Å²) in [6, 6.07) is 7.34. The fraction of sp³-hybridized carbons (Fsp3) is 0.250. The van der Waals surface area contributed by atoms with Crippen molar-refractivity contribution >= 4 is 34.0 Å². The first kappa shape index (κ1) is 13.9. The van der Waals surface area contributed by atoms with E-state index >= 15 is 0 Å². The third-order valence-corrected chi connectivity index (χ3v) is 3.47. The normalized spacial score (nSPS) is 10.4. The van der Waals surface area contributed by atoms with Gasteiger partial charge in [0, 0.05) is 17.0 Å². The van der Waals surface area contributed by atoms with E-state index < -0.39 is 0 Å². The third kappa shape index (κ3) is 3.99. The summed E-state index contributed by atoms with van der Waals surface area (Å²) < 4.78 is 0. The summed E-state index contributed by atoms with van der Waals surface area (Å²) >= 11 is 7.23. The first-order valence-electron chi connectivity index (χ1n) is 5.78. The van der Waals surface area contributed by atoms with Gasteiger partial charge in [-0.2, -0.15) is 0 Å². The van der Waals surface area contributed by atoms with E-state index in [1.54, 1.807) is 6.07 Å². The van der Waals surface area contributed by atoms with Crippen LogP contribution in [0.1, 0.15) is 12.8 Å². The summed E-state index contributed by atoms with van der Waals surface area (Å²) in [4.78, 5) is 11.5. The van der Waals surface area contributed by atoms with Crippen LogP contribution in [0, 0.1) is 0 Å². The molecule has 1 aromatic heterocycles. The van der Waals surface area contributed by atoms with Crippen molar-refractivity contribution < 1.29 is 4.79 Å². The predicted octanol–water partition coefficient (Wildman–Crippen LogP) is 2.54. The summed E-state index contributed by atoms with van der Waals surface area (Å²) in [5.74, 6) is -0.0979. The van der Waals surface area contributed by atoms with Crippen molar-refractivity contribution in [3.63, 3.8) is 0 Å². The number of carbonyl (C=O) groups excluding carboxylic acids is 1. The van der Waals surface area contributed by atoms with E-state index in [1.165, 1.54) is 11.3 Å². The van der Waals surface area contributed by atoms with Crippen molar-refractivity contribution in [3.05, 3.63) is 29.3 Å². The van der Waals surface area contributed by atoms with E-state index in [2.05, 4.69) is 15.5 Å². The van der Waals surface area contributed by atoms with Gasteiger partial charge in [0.15, 0.2) is 0 Å². The number of amides is 1. The number of hydrogen-bond donors (Lipinski definition) is 2. The van der Waals surface area contributed by atoms with E-state index in [0.29, 0.717) is 29.5 Å². The summed E-state index contributed by atoms with van der Waals surface area (Å²) in [6.45, 7) is 0.497. The highest BCUT2D eigenvalue weighted by Gasteiger charge is 2.09. The van der Waals surface area contributed by atoms with Gasteiger partial charge in [-0.15, -0.1) is 10.2 Å². The minimum absolute atomic E-state index is 0.0979. The van der Waals surface area contributed by atoms with E-state index in [1.807, 2.05) is 18.2 Å². The number of aromatic nitrogens is 2. The Morgan fingerprint density at radius 3 is 3.00 bits per heavy atom. The fourth-order valence-corrected chi connectivity index (χ4v) is 2.40. The average Bonchev–Trinajstić information content (AvgIpc) is 2.85. The van der Waals surface area contributed by atoms with Gasteiger partial charge in [0.05, 0.1) is 0 Å². The van der Waals surface area contributed by atoms with Crippen molar-refractivity contribution in [1.82, 2.24) is 10.2 Å². The first-order chi connectivity index (χ1) is 9.19. The second kappa shape index (κ2) is 6.60. The van der Waals surface area contributed by atoms with E-state index in [4.69, 9.17) is 17.3 Å². The quantitative estimate of drug-likeness (QED) is 0.888. The monoisotopic (exact) mass is 296 g/mol. The van der Waals surface area contributed by atoms with Gasteiger partial charge in [-0.25, -0.2) is 0 Å². The highest BCUT2D eigenvalue weighted by atomic mass is 35.5. The van der Waals surface area contributed by atoms with Crippen LogP contribution in [0.3, 0.4) is 0 Å². The molecule has 0 atom stereocenters. The van der Waals surface area contributed by atoms with Gasteiger partial charge in [0.25, 0.3) is 0 Å². The molecule has 5 nitrogen and oxygen atoms in total. The second-order valence-electron chi connectivity index (χ2n) is 3.86. The molecule has 1 amide bonds. The highest BCUT2D eigenvalue weighted by molar-refractivity contribution is 7.18. The maximum Gasteiger partial charge on any atom is 0.226 e. The molecule has 3 N–H and O–H groups in total. The largest absolute Gasteiger partial charge is 0.330 e. The van der Waals surface area contributed by atoms with Crippen molar-refractivity contribution in [2.45, 2.75) is 12.8 Å². The lowest BCUT2D eigenvalue weighted by Gasteiger charge is -1.98. The molecule has 2 rings (SSSR count). The maximum atomic E-state index is 11.5. The van der Waals surface area contributed by atoms with Crippen LogP contribution >= 0.6 is 22.9 Å². The minimum atomic E-state index is -0.0979. The molecule has 0 bridgehead atoms. The molecule has 0 saturated carbocycles.